The molecule has 10 atom stereocenters. The minimum Gasteiger partial charge on any atom is -0.391 e. The standard InChI is InChI=1S/C47H81N13O11/c1-10-15-32(41(66)57-38(27(6)11-2)44(69)55-33(16-13-20-51-47(48)49)46(71)60-21-14-17-35(60)43(68)50-12-3)54-45(70)39(28(7)61)58-42(67)34(22-26(4)5)56-40(65)30-18-19-31(23-30)53-36(63)24-52-37(64)25-59(9)29(8)62/h18-19,26-28,30-35,38-39,61H,10-17,20-25H2,1-9H3,(H,50,68)(H,52,64)(H,53,63)(H,54,70)(H,55,69)(H,56,65)(H,57,66)(H,58,67)(H4,48,49,51)/t27-,28+,30?,31?,32-,33-,34+,35-,38-,39-/m0/s1. The van der Waals surface area contributed by atoms with E-state index in [2.05, 4.69) is 47.5 Å². The van der Waals surface area contributed by atoms with Gasteiger partial charge < -0.3 is 68.9 Å². The van der Waals surface area contributed by atoms with Crippen molar-refractivity contribution in [2.75, 3.05) is 39.8 Å². The van der Waals surface area contributed by atoms with Gasteiger partial charge >= 0.3 is 0 Å². The number of likely N-dealkylation sites (N-methyl/N-ethyl adjacent to an activating group) is 2. The van der Waals surface area contributed by atoms with E-state index in [9.17, 15) is 53.1 Å². The first-order valence-electron chi connectivity index (χ1n) is 24.7. The quantitative estimate of drug-likeness (QED) is 0.0160. The Bertz CT molecular complexity index is 1930. The molecule has 13 N–H and O–H groups in total. The third-order valence-electron chi connectivity index (χ3n) is 12.3. The van der Waals surface area contributed by atoms with Crippen molar-refractivity contribution in [3.8, 4) is 0 Å². The molecule has 0 aromatic heterocycles. The zero-order valence-electron chi connectivity index (χ0n) is 42.9. The number of nitrogens with zero attached hydrogens (tertiary/aromatic N) is 3. The van der Waals surface area contributed by atoms with Crippen molar-refractivity contribution in [3.63, 3.8) is 0 Å². The van der Waals surface area contributed by atoms with Crippen molar-refractivity contribution in [2.45, 2.75) is 162 Å². The fourth-order valence-corrected chi connectivity index (χ4v) is 8.05. The van der Waals surface area contributed by atoms with E-state index >= 15 is 0 Å². The summed E-state index contributed by atoms with van der Waals surface area (Å²) in [5.74, 6) is -7.18. The first kappa shape index (κ1) is 60.8. The van der Waals surface area contributed by atoms with Gasteiger partial charge in [-0.05, 0) is 70.6 Å². The molecule has 24 heteroatoms. The summed E-state index contributed by atoms with van der Waals surface area (Å²) in [6.07, 6.45) is 4.45. The molecule has 1 fully saturated rings. The van der Waals surface area contributed by atoms with Crippen LogP contribution in [0.4, 0.5) is 0 Å². The number of aliphatic hydroxyl groups excluding tert-OH is 1. The largest absolute Gasteiger partial charge is 0.391 e. The summed E-state index contributed by atoms with van der Waals surface area (Å²) in [6.45, 7) is 13.6. The number of amides is 10. The molecular weight excluding hydrogens is 923 g/mol. The number of guanidine groups is 1. The number of nitrogens with one attached hydrogen (secondary N) is 8. The first-order valence-corrected chi connectivity index (χ1v) is 24.7. The van der Waals surface area contributed by atoms with E-state index < -0.39 is 107 Å². The molecule has 2 aliphatic rings. The number of aliphatic hydroxyl groups is 1. The van der Waals surface area contributed by atoms with Crippen LogP contribution in [0.5, 0.6) is 0 Å². The number of carbonyl (C=O) groups is 10. The third-order valence-corrected chi connectivity index (χ3v) is 12.3. The topological polar surface area (TPSA) is 358 Å². The Kier molecular flexibility index (Phi) is 26.0. The summed E-state index contributed by atoms with van der Waals surface area (Å²) in [5, 5.41) is 32.2. The van der Waals surface area contributed by atoms with Crippen LogP contribution in [0.2, 0.25) is 0 Å². The van der Waals surface area contributed by atoms with Gasteiger partial charge in [-0.25, -0.2) is 0 Å². The molecule has 24 nitrogen and oxygen atoms in total. The number of nitrogens with two attached hydrogens (primary N) is 2. The predicted octanol–water partition coefficient (Wildman–Crippen LogP) is -2.48. The molecule has 10 amide bonds. The molecule has 0 spiro atoms. The zero-order chi connectivity index (χ0) is 53.5. The SMILES string of the molecule is CCC[C@H](NC(=O)[C@@H](NC(=O)[C@@H](CC(C)C)NC(=O)C1C=CC(NC(=O)CNC(=O)CN(C)C(C)=O)C1)[C@@H](C)O)C(=O)N[C@H](C(=O)N[C@@H](CCCN=C(N)N)C(=O)N1CCC[C@H]1C(=O)NCC)[C@@H](C)CC. The highest BCUT2D eigenvalue weighted by Gasteiger charge is 2.40. The number of aliphatic imine (C=N–C) groups is 1. The molecular formula is C47H81N13O11. The number of hydrogen-bond donors (Lipinski definition) is 11. The maximum Gasteiger partial charge on any atom is 0.245 e. The fraction of sp³-hybridized carbons (Fsp3) is 0.723. The molecule has 0 saturated carbocycles. The molecule has 1 heterocycles. The molecule has 0 aromatic rings. The minimum absolute atomic E-state index is 0.102. The average Bonchev–Trinajstić information content (AvgIpc) is 3.99. The molecule has 0 radical (unpaired) electrons. The van der Waals surface area contributed by atoms with Crippen LogP contribution in [-0.4, -0.2) is 168 Å². The Morgan fingerprint density at radius 1 is 0.775 bits per heavy atom. The molecule has 2 rings (SSSR count). The zero-order valence-corrected chi connectivity index (χ0v) is 42.9. The maximum absolute atomic E-state index is 14.2. The summed E-state index contributed by atoms with van der Waals surface area (Å²) in [5.41, 5.74) is 11.0. The molecule has 1 saturated heterocycles. The fourth-order valence-electron chi connectivity index (χ4n) is 8.05. The monoisotopic (exact) mass is 1000 g/mol. The van der Waals surface area contributed by atoms with Crippen molar-refractivity contribution >= 4 is 65.0 Å². The lowest BCUT2D eigenvalue weighted by Gasteiger charge is -2.31. The lowest BCUT2D eigenvalue weighted by Crippen LogP contribution is -2.62. The van der Waals surface area contributed by atoms with Gasteiger partial charge in [-0.3, -0.25) is 52.9 Å². The Morgan fingerprint density at radius 2 is 1.41 bits per heavy atom. The van der Waals surface area contributed by atoms with Gasteiger partial charge in [0, 0.05) is 39.6 Å². The van der Waals surface area contributed by atoms with Gasteiger partial charge in [-0.1, -0.05) is 59.6 Å². The van der Waals surface area contributed by atoms with Gasteiger partial charge in [0.05, 0.1) is 25.1 Å². The molecule has 1 aliphatic carbocycles. The Balaban J connectivity index is 2.19. The Hall–Kier alpha value is -6.33. The van der Waals surface area contributed by atoms with Gasteiger partial charge in [0.25, 0.3) is 0 Å². The molecule has 71 heavy (non-hydrogen) atoms. The smallest absolute Gasteiger partial charge is 0.245 e. The van der Waals surface area contributed by atoms with Crippen LogP contribution in [0.15, 0.2) is 17.1 Å². The van der Waals surface area contributed by atoms with E-state index in [0.29, 0.717) is 45.2 Å². The summed E-state index contributed by atoms with van der Waals surface area (Å²) >= 11 is 0. The second-order valence-corrected chi connectivity index (χ2v) is 18.8. The molecule has 1 aliphatic heterocycles. The molecule has 0 aromatic carbocycles. The van der Waals surface area contributed by atoms with Crippen LogP contribution in [0, 0.1) is 17.8 Å². The predicted molar refractivity (Wildman–Crippen MR) is 264 cm³/mol. The highest BCUT2D eigenvalue weighted by molar-refractivity contribution is 5.98. The summed E-state index contributed by atoms with van der Waals surface area (Å²) < 4.78 is 0. The molecule has 2 unspecified atom stereocenters. The van der Waals surface area contributed by atoms with E-state index in [4.69, 9.17) is 11.5 Å². The summed E-state index contributed by atoms with van der Waals surface area (Å²) in [7, 11) is 1.45. The summed E-state index contributed by atoms with van der Waals surface area (Å²) in [4.78, 5) is 139. The van der Waals surface area contributed by atoms with Crippen LogP contribution >= 0.6 is 0 Å². The normalized spacial score (nSPS) is 19.1. The van der Waals surface area contributed by atoms with Crippen molar-refractivity contribution < 1.29 is 53.1 Å². The second-order valence-electron chi connectivity index (χ2n) is 18.8. The van der Waals surface area contributed by atoms with E-state index in [-0.39, 0.29) is 69.0 Å². The highest BCUT2D eigenvalue weighted by Crippen LogP contribution is 2.21. The lowest BCUT2D eigenvalue weighted by molar-refractivity contribution is -0.142. The van der Waals surface area contributed by atoms with Gasteiger partial charge in [0.2, 0.25) is 59.1 Å². The van der Waals surface area contributed by atoms with Crippen molar-refractivity contribution in [2.24, 2.45) is 34.2 Å². The van der Waals surface area contributed by atoms with Crippen LogP contribution in [0.25, 0.3) is 0 Å². The van der Waals surface area contributed by atoms with Crippen molar-refractivity contribution in [1.82, 2.24) is 52.3 Å². The first-order chi connectivity index (χ1) is 33.4. The second kappa shape index (κ2) is 30.4. The van der Waals surface area contributed by atoms with Gasteiger partial charge in [-0.15, -0.1) is 0 Å². The van der Waals surface area contributed by atoms with E-state index in [0.717, 1.165) is 0 Å². The van der Waals surface area contributed by atoms with E-state index in [1.54, 1.807) is 32.9 Å². The number of likely N-dealkylation sites (tertiary alicyclic amines) is 1. The van der Waals surface area contributed by atoms with Gasteiger partial charge in [0.15, 0.2) is 5.96 Å². The van der Waals surface area contributed by atoms with Crippen LogP contribution < -0.4 is 54.0 Å². The molecule has 0 bridgehead atoms. The molecule has 400 valence electrons. The van der Waals surface area contributed by atoms with E-state index in [1.807, 2.05) is 20.8 Å². The highest BCUT2D eigenvalue weighted by atomic mass is 16.3. The van der Waals surface area contributed by atoms with Crippen LogP contribution in [0.3, 0.4) is 0 Å². The number of rotatable bonds is 29. The van der Waals surface area contributed by atoms with Gasteiger partial charge in [-0.2, -0.15) is 0 Å². The van der Waals surface area contributed by atoms with Gasteiger partial charge in [0.1, 0.15) is 36.3 Å². The minimum atomic E-state index is -1.58. The van der Waals surface area contributed by atoms with E-state index in [1.165, 1.54) is 30.7 Å². The van der Waals surface area contributed by atoms with Crippen LogP contribution in [-0.2, 0) is 47.9 Å². The van der Waals surface area contributed by atoms with Crippen LogP contribution in [0.1, 0.15) is 113 Å². The Morgan fingerprint density at radius 3 is 2.00 bits per heavy atom. The lowest BCUT2D eigenvalue weighted by atomic mass is 9.96. The van der Waals surface area contributed by atoms with Crippen molar-refractivity contribution in [3.05, 3.63) is 12.2 Å². The Labute approximate surface area is 417 Å². The van der Waals surface area contributed by atoms with Crippen molar-refractivity contribution in [1.29, 1.82) is 0 Å². The number of carbonyl (C=O) groups excluding carboxylic acids is 10. The average molecular weight is 1000 g/mol. The maximum atomic E-state index is 14.2. The number of hydrogen-bond acceptors (Lipinski definition) is 12. The third kappa shape index (κ3) is 20.5. The summed E-state index contributed by atoms with van der Waals surface area (Å²) in [6, 6.07) is -7.51.